The smallest absolute Gasteiger partial charge is 0.289 e. The number of rotatable bonds is 5. The molecule has 0 aromatic carbocycles. The molecule has 0 aliphatic heterocycles. The third-order valence-corrected chi connectivity index (χ3v) is 1.97. The van der Waals surface area contributed by atoms with Crippen molar-refractivity contribution in [3.05, 3.63) is 0 Å². The van der Waals surface area contributed by atoms with E-state index in [1.54, 1.807) is 0 Å². The maximum atomic E-state index is 12.0. The van der Waals surface area contributed by atoms with E-state index >= 15 is 0 Å². The molecule has 0 saturated heterocycles. The van der Waals surface area contributed by atoms with Crippen molar-refractivity contribution < 1.29 is 71.9 Å². The maximum absolute atomic E-state index is 12.0. The molecule has 4 nitrogen and oxygen atoms in total. The summed E-state index contributed by atoms with van der Waals surface area (Å²) in [6.07, 6.45) is -18.8. The lowest BCUT2D eigenvalue weighted by Crippen LogP contribution is -2.46. The van der Waals surface area contributed by atoms with Crippen LogP contribution in [0.1, 0.15) is 6.42 Å². The highest BCUT2D eigenvalue weighted by molar-refractivity contribution is 6.11. The summed E-state index contributed by atoms with van der Waals surface area (Å²) >= 11 is 0. The molecule has 0 amide bonds. The number of ketones is 4. The number of carbonyl (C=O) groups excluding carboxylic acids is 4. The van der Waals surface area contributed by atoms with Crippen LogP contribution in [0.15, 0.2) is 0 Å². The highest BCUT2D eigenvalue weighted by atomic mass is 19.4. The van der Waals surface area contributed by atoms with Gasteiger partial charge in [0.15, 0.2) is 6.67 Å². The second kappa shape index (κ2) is 8.48. The third kappa shape index (κ3) is 8.28. The van der Waals surface area contributed by atoms with E-state index in [0.717, 1.165) is 0 Å². The van der Waals surface area contributed by atoms with Gasteiger partial charge in [0.2, 0.25) is 17.3 Å². The SMILES string of the molecule is O=C(CC(=O)C(F)(F)F)C(F)(F)F.O=C(CF)C(F)(F)C(=O)C(F)(F)F. The number of halogens is 12. The Balaban J connectivity index is 0. The van der Waals surface area contributed by atoms with Crippen LogP contribution in [-0.4, -0.2) is 54.3 Å². The molecular formula is C10H4F12O4. The van der Waals surface area contributed by atoms with Gasteiger partial charge in [0.05, 0.1) is 6.42 Å². The van der Waals surface area contributed by atoms with Gasteiger partial charge in [-0.2, -0.15) is 48.3 Å². The highest BCUT2D eigenvalue weighted by Gasteiger charge is 2.59. The number of hydrogen-bond acceptors (Lipinski definition) is 4. The zero-order valence-electron chi connectivity index (χ0n) is 11.6. The molecule has 0 fully saturated rings. The largest absolute Gasteiger partial charge is 0.456 e. The first-order valence-electron chi connectivity index (χ1n) is 5.47. The van der Waals surface area contributed by atoms with Crippen LogP contribution >= 0.6 is 0 Å². The molecule has 26 heavy (non-hydrogen) atoms. The van der Waals surface area contributed by atoms with E-state index in [1.165, 1.54) is 0 Å². The van der Waals surface area contributed by atoms with Crippen molar-refractivity contribution in [1.82, 2.24) is 0 Å². The van der Waals surface area contributed by atoms with Gasteiger partial charge in [0, 0.05) is 0 Å². The van der Waals surface area contributed by atoms with E-state index in [4.69, 9.17) is 0 Å². The molecule has 0 unspecified atom stereocenters. The summed E-state index contributed by atoms with van der Waals surface area (Å²) in [5.74, 6) is -17.0. The molecule has 0 bridgehead atoms. The molecule has 0 heterocycles. The van der Waals surface area contributed by atoms with Gasteiger partial charge in [-0.25, -0.2) is 4.39 Å². The van der Waals surface area contributed by atoms with E-state index < -0.39 is 60.7 Å². The van der Waals surface area contributed by atoms with Crippen LogP contribution in [0.5, 0.6) is 0 Å². The van der Waals surface area contributed by atoms with E-state index in [2.05, 4.69) is 0 Å². The lowest BCUT2D eigenvalue weighted by atomic mass is 10.1. The summed E-state index contributed by atoms with van der Waals surface area (Å²) in [5, 5.41) is 0. The highest BCUT2D eigenvalue weighted by Crippen LogP contribution is 2.28. The van der Waals surface area contributed by atoms with Crippen LogP contribution in [0, 0.1) is 0 Å². The van der Waals surface area contributed by atoms with Gasteiger partial charge >= 0.3 is 30.2 Å². The van der Waals surface area contributed by atoms with Crippen molar-refractivity contribution in [2.75, 3.05) is 6.67 Å². The average molecular weight is 416 g/mol. The fourth-order valence-corrected chi connectivity index (χ4v) is 0.735. The van der Waals surface area contributed by atoms with Gasteiger partial charge in [0.1, 0.15) is 0 Å². The molecule has 0 N–H and O–H groups in total. The molecule has 152 valence electrons. The fourth-order valence-electron chi connectivity index (χ4n) is 0.735. The summed E-state index contributed by atoms with van der Waals surface area (Å²) < 4.78 is 137. The number of carbonyl (C=O) groups is 4. The standard InChI is InChI=1S/2C5H2F6O2/c6-1-2(12)4(7,8)3(13)5(9,10)11;6-4(7,8)2(12)1-3(13)5(9,10)11/h2*1H2. The third-order valence-electron chi connectivity index (χ3n) is 1.97. The number of Topliss-reactive ketones (excluding diaryl/α,β-unsaturated/α-hetero) is 4. The minimum Gasteiger partial charge on any atom is -0.289 e. The number of alkyl halides is 12. The summed E-state index contributed by atoms with van der Waals surface area (Å²) in [5.41, 5.74) is 0. The Labute approximate surface area is 134 Å². The second-order valence-corrected chi connectivity index (χ2v) is 3.98. The van der Waals surface area contributed by atoms with Gasteiger partial charge in [-0.3, -0.25) is 19.2 Å². The topological polar surface area (TPSA) is 68.3 Å². The molecule has 0 atom stereocenters. The molecular weight excluding hydrogens is 412 g/mol. The molecule has 0 spiro atoms. The maximum Gasteiger partial charge on any atom is 0.456 e. The first kappa shape index (κ1) is 26.1. The van der Waals surface area contributed by atoms with Gasteiger partial charge < -0.3 is 0 Å². The summed E-state index contributed by atoms with van der Waals surface area (Å²) in [6.45, 7) is -2.32. The normalized spacial score (nSPS) is 12.8. The first-order chi connectivity index (χ1) is 11.2. The minimum absolute atomic E-state index is 2.19. The first-order valence-corrected chi connectivity index (χ1v) is 5.47. The Hall–Kier alpha value is -2.16. The van der Waals surface area contributed by atoms with E-state index in [0.29, 0.717) is 0 Å². The molecule has 0 aromatic rings. The van der Waals surface area contributed by atoms with Crippen LogP contribution in [0.2, 0.25) is 0 Å². The van der Waals surface area contributed by atoms with E-state index in [9.17, 15) is 71.9 Å². The summed E-state index contributed by atoms with van der Waals surface area (Å²) in [4.78, 5) is 39.5. The molecule has 0 rings (SSSR count). The van der Waals surface area contributed by atoms with E-state index in [1.807, 2.05) is 0 Å². The van der Waals surface area contributed by atoms with Crippen molar-refractivity contribution in [3.63, 3.8) is 0 Å². The second-order valence-electron chi connectivity index (χ2n) is 3.98. The number of hydrogen-bond donors (Lipinski definition) is 0. The van der Waals surface area contributed by atoms with E-state index in [-0.39, 0.29) is 0 Å². The summed E-state index contributed by atoms with van der Waals surface area (Å²) in [7, 11) is 0. The van der Waals surface area contributed by atoms with Crippen molar-refractivity contribution in [2.45, 2.75) is 30.9 Å². The van der Waals surface area contributed by atoms with Crippen LogP contribution < -0.4 is 0 Å². The van der Waals surface area contributed by atoms with Crippen molar-refractivity contribution in [3.8, 4) is 0 Å². The Morgan fingerprint density at radius 3 is 1.04 bits per heavy atom. The molecule has 0 radical (unpaired) electrons. The Bertz CT molecular complexity index is 527. The van der Waals surface area contributed by atoms with Crippen LogP contribution in [0.4, 0.5) is 52.7 Å². The molecule has 0 aliphatic carbocycles. The van der Waals surface area contributed by atoms with Gasteiger partial charge in [-0.15, -0.1) is 0 Å². The van der Waals surface area contributed by atoms with Crippen molar-refractivity contribution >= 4 is 23.1 Å². The minimum atomic E-state index is -5.85. The molecule has 0 saturated carbocycles. The van der Waals surface area contributed by atoms with Crippen LogP contribution in [0.3, 0.4) is 0 Å². The zero-order chi connectivity index (χ0) is 21.7. The molecule has 16 heteroatoms. The lowest BCUT2D eigenvalue weighted by Gasteiger charge is -2.13. The Morgan fingerprint density at radius 1 is 0.538 bits per heavy atom. The quantitative estimate of drug-likeness (QED) is 0.511. The van der Waals surface area contributed by atoms with Gasteiger partial charge in [0.25, 0.3) is 0 Å². The Morgan fingerprint density at radius 2 is 0.846 bits per heavy atom. The van der Waals surface area contributed by atoms with Crippen LogP contribution in [0.25, 0.3) is 0 Å². The monoisotopic (exact) mass is 416 g/mol. The molecule has 0 aromatic heterocycles. The van der Waals surface area contributed by atoms with Crippen LogP contribution in [-0.2, 0) is 19.2 Å². The lowest BCUT2D eigenvalue weighted by molar-refractivity contribution is -0.196. The Kier molecular flexibility index (Phi) is 8.51. The zero-order valence-corrected chi connectivity index (χ0v) is 11.6. The summed E-state index contributed by atoms with van der Waals surface area (Å²) in [6, 6.07) is 0. The predicted molar refractivity (Wildman–Crippen MR) is 53.7 cm³/mol. The average Bonchev–Trinajstić information content (AvgIpc) is 2.42. The van der Waals surface area contributed by atoms with Gasteiger partial charge in [-0.1, -0.05) is 0 Å². The van der Waals surface area contributed by atoms with Gasteiger partial charge in [-0.05, 0) is 0 Å². The predicted octanol–water partition coefficient (Wildman–Crippen LogP) is 2.93. The van der Waals surface area contributed by atoms with Crippen molar-refractivity contribution in [1.29, 1.82) is 0 Å². The fraction of sp³-hybridized carbons (Fsp3) is 0.600. The van der Waals surface area contributed by atoms with Crippen molar-refractivity contribution in [2.24, 2.45) is 0 Å². The molecule has 0 aliphatic rings.